The summed E-state index contributed by atoms with van der Waals surface area (Å²) in [4.78, 5) is 4.10. The van der Waals surface area contributed by atoms with Crippen LogP contribution in [0.1, 0.15) is 11.5 Å². The van der Waals surface area contributed by atoms with Gasteiger partial charge in [-0.2, -0.15) is 5.10 Å². The summed E-state index contributed by atoms with van der Waals surface area (Å²) in [7, 11) is 1.94. The third-order valence-corrected chi connectivity index (χ3v) is 3.10. The lowest BCUT2D eigenvalue weighted by atomic mass is 10.2. The van der Waals surface area contributed by atoms with Crippen molar-refractivity contribution in [2.24, 2.45) is 7.05 Å². The number of imidazole rings is 1. The third kappa shape index (κ3) is 1.69. The fourth-order valence-corrected chi connectivity index (χ4v) is 2.20. The van der Waals surface area contributed by atoms with Gasteiger partial charge < -0.3 is 9.67 Å². The second-order valence-corrected chi connectivity index (χ2v) is 4.22. The van der Waals surface area contributed by atoms with Gasteiger partial charge in [0.2, 0.25) is 0 Å². The van der Waals surface area contributed by atoms with Crippen LogP contribution in [0, 0.1) is 0 Å². The predicted octanol–water partition coefficient (Wildman–Crippen LogP) is 1.31. The summed E-state index contributed by atoms with van der Waals surface area (Å²) < 4.78 is 3.79. The number of aliphatic hydroxyl groups excluding tert-OH is 1. The second-order valence-electron chi connectivity index (χ2n) is 4.22. The Morgan fingerprint density at radius 1 is 1.28 bits per heavy atom. The largest absolute Gasteiger partial charge is 0.388 e. The maximum Gasteiger partial charge on any atom is 0.134 e. The maximum absolute atomic E-state index is 9.19. The molecule has 0 aliphatic carbocycles. The molecular weight excluding hydrogens is 228 g/mol. The van der Waals surface area contributed by atoms with Crippen LogP contribution in [0.5, 0.6) is 0 Å². The molecule has 0 atom stereocenters. The highest BCUT2D eigenvalue weighted by Crippen LogP contribution is 2.18. The minimum atomic E-state index is -0.0578. The van der Waals surface area contributed by atoms with E-state index in [0.29, 0.717) is 12.4 Å². The lowest BCUT2D eigenvalue weighted by Crippen LogP contribution is -2.05. The van der Waals surface area contributed by atoms with Gasteiger partial charge in [0, 0.05) is 24.8 Å². The molecule has 3 aromatic rings. The van der Waals surface area contributed by atoms with Gasteiger partial charge in [-0.05, 0) is 6.07 Å². The van der Waals surface area contributed by atoms with E-state index in [1.165, 1.54) is 0 Å². The molecule has 0 spiro atoms. The number of benzene rings is 1. The van der Waals surface area contributed by atoms with Crippen molar-refractivity contribution in [1.82, 2.24) is 19.3 Å². The van der Waals surface area contributed by atoms with Crippen molar-refractivity contribution in [3.8, 4) is 0 Å². The molecule has 0 fully saturated rings. The zero-order chi connectivity index (χ0) is 12.5. The first-order valence-electron chi connectivity index (χ1n) is 5.81. The number of fused-ring (bicyclic) bond motifs is 1. The molecule has 18 heavy (non-hydrogen) atoms. The Morgan fingerprint density at radius 2 is 2.11 bits per heavy atom. The highest BCUT2D eigenvalue weighted by molar-refractivity contribution is 5.81. The van der Waals surface area contributed by atoms with Crippen molar-refractivity contribution < 1.29 is 5.11 Å². The molecule has 5 heteroatoms. The molecule has 5 nitrogen and oxygen atoms in total. The van der Waals surface area contributed by atoms with Crippen molar-refractivity contribution in [2.75, 3.05) is 0 Å². The zero-order valence-corrected chi connectivity index (χ0v) is 10.1. The van der Waals surface area contributed by atoms with Crippen LogP contribution in [0.15, 0.2) is 36.7 Å². The molecule has 0 aliphatic heterocycles. The molecule has 0 saturated carbocycles. The van der Waals surface area contributed by atoms with E-state index in [0.717, 1.165) is 16.6 Å². The Morgan fingerprint density at radius 3 is 2.94 bits per heavy atom. The number of aliphatic hydroxyl groups is 1. The van der Waals surface area contributed by atoms with Crippen LogP contribution in [-0.4, -0.2) is 24.4 Å². The van der Waals surface area contributed by atoms with Crippen molar-refractivity contribution >= 4 is 10.9 Å². The van der Waals surface area contributed by atoms with Gasteiger partial charge in [0.15, 0.2) is 0 Å². The summed E-state index contributed by atoms with van der Waals surface area (Å²) in [5.74, 6) is 0.657. The molecule has 3 rings (SSSR count). The van der Waals surface area contributed by atoms with E-state index in [9.17, 15) is 5.11 Å². The molecular formula is C13H14N4O. The number of hydrogen-bond donors (Lipinski definition) is 1. The monoisotopic (exact) mass is 242 g/mol. The highest BCUT2D eigenvalue weighted by atomic mass is 16.3. The molecule has 0 amide bonds. The Labute approximate surface area is 104 Å². The SMILES string of the molecule is Cn1nc(Cn2ccnc2CO)c2ccccc21. The molecule has 0 bridgehead atoms. The fraction of sp³-hybridized carbons (Fsp3) is 0.231. The van der Waals surface area contributed by atoms with Crippen LogP contribution >= 0.6 is 0 Å². The van der Waals surface area contributed by atoms with Gasteiger partial charge in [0.1, 0.15) is 12.4 Å². The lowest BCUT2D eigenvalue weighted by molar-refractivity contribution is 0.266. The fourth-order valence-electron chi connectivity index (χ4n) is 2.20. The van der Waals surface area contributed by atoms with Crippen LogP contribution in [-0.2, 0) is 20.2 Å². The molecule has 0 radical (unpaired) electrons. The van der Waals surface area contributed by atoms with Crippen LogP contribution in [0.3, 0.4) is 0 Å². The van der Waals surface area contributed by atoms with Gasteiger partial charge in [-0.25, -0.2) is 4.98 Å². The van der Waals surface area contributed by atoms with E-state index in [2.05, 4.69) is 16.1 Å². The number of aryl methyl sites for hydroxylation is 1. The Bertz CT molecular complexity index is 683. The van der Waals surface area contributed by atoms with E-state index in [1.54, 1.807) is 6.20 Å². The smallest absolute Gasteiger partial charge is 0.134 e. The Balaban J connectivity index is 2.05. The van der Waals surface area contributed by atoms with Crippen molar-refractivity contribution in [3.05, 3.63) is 48.2 Å². The van der Waals surface area contributed by atoms with Crippen LogP contribution in [0.4, 0.5) is 0 Å². The van der Waals surface area contributed by atoms with Crippen LogP contribution < -0.4 is 0 Å². The lowest BCUT2D eigenvalue weighted by Gasteiger charge is -2.03. The summed E-state index contributed by atoms with van der Waals surface area (Å²) in [5, 5.41) is 14.9. The molecule has 1 N–H and O–H groups in total. The first kappa shape index (κ1) is 11.0. The molecule has 0 unspecified atom stereocenters. The van der Waals surface area contributed by atoms with E-state index in [-0.39, 0.29) is 6.61 Å². The summed E-state index contributed by atoms with van der Waals surface area (Å²) in [6.45, 7) is 0.564. The standard InChI is InChI=1S/C13H14N4O/c1-16-12-5-3-2-4-10(12)11(15-16)8-17-7-6-14-13(17)9-18/h2-7,18H,8-9H2,1H3. The first-order chi connectivity index (χ1) is 8.79. The number of para-hydroxylation sites is 1. The van der Waals surface area contributed by atoms with E-state index < -0.39 is 0 Å². The molecule has 0 saturated heterocycles. The first-order valence-corrected chi connectivity index (χ1v) is 5.81. The minimum Gasteiger partial charge on any atom is -0.388 e. The van der Waals surface area contributed by atoms with E-state index >= 15 is 0 Å². The summed E-state index contributed by atoms with van der Waals surface area (Å²) >= 11 is 0. The number of hydrogen-bond acceptors (Lipinski definition) is 3. The van der Waals surface area contributed by atoms with Gasteiger partial charge in [-0.3, -0.25) is 4.68 Å². The quantitative estimate of drug-likeness (QED) is 0.753. The Hall–Kier alpha value is -2.14. The minimum absolute atomic E-state index is 0.0578. The molecule has 1 aromatic carbocycles. The van der Waals surface area contributed by atoms with Gasteiger partial charge in [0.05, 0.1) is 17.8 Å². The summed E-state index contributed by atoms with van der Waals surface area (Å²) in [6, 6.07) is 8.12. The molecule has 2 aromatic heterocycles. The van der Waals surface area contributed by atoms with Gasteiger partial charge in [-0.1, -0.05) is 18.2 Å². The van der Waals surface area contributed by atoms with Crippen molar-refractivity contribution in [3.63, 3.8) is 0 Å². The average Bonchev–Trinajstić information content (AvgIpc) is 2.96. The van der Waals surface area contributed by atoms with Gasteiger partial charge in [-0.15, -0.1) is 0 Å². The van der Waals surface area contributed by atoms with Crippen molar-refractivity contribution in [1.29, 1.82) is 0 Å². The second kappa shape index (κ2) is 4.27. The van der Waals surface area contributed by atoms with Crippen LogP contribution in [0.25, 0.3) is 10.9 Å². The predicted molar refractivity (Wildman–Crippen MR) is 68.0 cm³/mol. The average molecular weight is 242 g/mol. The number of rotatable bonds is 3. The topological polar surface area (TPSA) is 55.9 Å². The summed E-state index contributed by atoms with van der Waals surface area (Å²) in [6.07, 6.45) is 3.55. The normalized spacial score (nSPS) is 11.2. The highest BCUT2D eigenvalue weighted by Gasteiger charge is 2.10. The molecule has 0 aliphatic rings. The molecule has 92 valence electrons. The third-order valence-electron chi connectivity index (χ3n) is 3.10. The van der Waals surface area contributed by atoms with E-state index in [1.807, 2.05) is 40.7 Å². The number of nitrogens with zero attached hydrogens (tertiary/aromatic N) is 4. The van der Waals surface area contributed by atoms with Gasteiger partial charge in [0.25, 0.3) is 0 Å². The maximum atomic E-state index is 9.19. The van der Waals surface area contributed by atoms with Crippen molar-refractivity contribution in [2.45, 2.75) is 13.2 Å². The zero-order valence-electron chi connectivity index (χ0n) is 10.1. The van der Waals surface area contributed by atoms with Gasteiger partial charge >= 0.3 is 0 Å². The summed E-state index contributed by atoms with van der Waals surface area (Å²) in [5.41, 5.74) is 2.10. The number of aromatic nitrogens is 4. The van der Waals surface area contributed by atoms with Crippen LogP contribution in [0.2, 0.25) is 0 Å². The Kier molecular flexibility index (Phi) is 2.60. The van der Waals surface area contributed by atoms with E-state index in [4.69, 9.17) is 0 Å². The molecule has 2 heterocycles.